The first-order valence-corrected chi connectivity index (χ1v) is 9.21. The molecule has 0 atom stereocenters. The molecule has 0 saturated carbocycles. The molecule has 0 heterocycles. The lowest BCUT2D eigenvalue weighted by Crippen LogP contribution is -2.38. The van der Waals surface area contributed by atoms with Gasteiger partial charge in [-0.25, -0.2) is 0 Å². The minimum atomic E-state index is 0. The molecule has 7 heteroatoms. The summed E-state index contributed by atoms with van der Waals surface area (Å²) in [4.78, 5) is 4.49. The fourth-order valence-corrected chi connectivity index (χ4v) is 2.17. The molecule has 0 bridgehead atoms. The summed E-state index contributed by atoms with van der Waals surface area (Å²) in [7, 11) is 0. The summed E-state index contributed by atoms with van der Waals surface area (Å²) in [5.74, 6) is 1.08. The van der Waals surface area contributed by atoms with Crippen LogP contribution in [-0.4, -0.2) is 57.1 Å². The van der Waals surface area contributed by atoms with Crippen molar-refractivity contribution in [2.24, 2.45) is 4.99 Å². The Bertz CT molecular complexity index is 487. The van der Waals surface area contributed by atoms with Crippen molar-refractivity contribution in [2.45, 2.75) is 33.1 Å². The third-order valence-electron chi connectivity index (χ3n) is 3.48. The second kappa shape index (κ2) is 17.4. The molecule has 3 N–H and O–H groups in total. The van der Waals surface area contributed by atoms with E-state index in [9.17, 15) is 5.11 Å². The zero-order valence-corrected chi connectivity index (χ0v) is 18.3. The van der Waals surface area contributed by atoms with E-state index >= 15 is 0 Å². The lowest BCUT2D eigenvalue weighted by Gasteiger charge is -2.11. The van der Waals surface area contributed by atoms with Gasteiger partial charge >= 0.3 is 0 Å². The number of guanidine groups is 1. The second-order valence-electron chi connectivity index (χ2n) is 5.69. The molecule has 26 heavy (non-hydrogen) atoms. The SMILES string of the molecule is CCCCOCCOCCN=C(NCC)NCCc1cccc(O)c1.I. The van der Waals surface area contributed by atoms with E-state index in [0.717, 1.165) is 50.5 Å². The van der Waals surface area contributed by atoms with Crippen LogP contribution in [0.2, 0.25) is 0 Å². The summed E-state index contributed by atoms with van der Waals surface area (Å²) >= 11 is 0. The molecule has 0 aromatic heterocycles. The largest absolute Gasteiger partial charge is 0.508 e. The third-order valence-corrected chi connectivity index (χ3v) is 3.48. The number of phenols is 1. The van der Waals surface area contributed by atoms with Crippen LogP contribution >= 0.6 is 24.0 Å². The molecule has 0 unspecified atom stereocenters. The number of rotatable bonds is 13. The smallest absolute Gasteiger partial charge is 0.191 e. The summed E-state index contributed by atoms with van der Waals surface area (Å²) in [6, 6.07) is 7.31. The van der Waals surface area contributed by atoms with Crippen LogP contribution in [0.15, 0.2) is 29.3 Å². The Morgan fingerprint density at radius 2 is 1.85 bits per heavy atom. The number of phenolic OH excluding ortho intramolecular Hbond substituents is 1. The van der Waals surface area contributed by atoms with Crippen molar-refractivity contribution in [3.8, 4) is 5.75 Å². The van der Waals surface area contributed by atoms with Crippen LogP contribution in [0.3, 0.4) is 0 Å². The first kappa shape index (κ1) is 24.9. The van der Waals surface area contributed by atoms with Crippen LogP contribution < -0.4 is 10.6 Å². The number of benzene rings is 1. The molecule has 0 spiro atoms. The van der Waals surface area contributed by atoms with Gasteiger partial charge in [0.25, 0.3) is 0 Å². The van der Waals surface area contributed by atoms with E-state index < -0.39 is 0 Å². The fraction of sp³-hybridized carbons (Fsp3) is 0.632. The van der Waals surface area contributed by atoms with Crippen molar-refractivity contribution in [3.05, 3.63) is 29.8 Å². The number of halogens is 1. The Hall–Kier alpha value is -1.06. The number of ether oxygens (including phenoxy) is 2. The van der Waals surface area contributed by atoms with E-state index in [2.05, 4.69) is 22.5 Å². The minimum Gasteiger partial charge on any atom is -0.508 e. The molecule has 0 aliphatic carbocycles. The quantitative estimate of drug-likeness (QED) is 0.176. The Kier molecular flexibility index (Phi) is 16.7. The van der Waals surface area contributed by atoms with Crippen molar-refractivity contribution < 1.29 is 14.6 Å². The Labute approximate surface area is 174 Å². The van der Waals surface area contributed by atoms with E-state index in [0.29, 0.717) is 32.1 Å². The van der Waals surface area contributed by atoms with E-state index in [-0.39, 0.29) is 24.0 Å². The Balaban J connectivity index is 0.00000625. The Morgan fingerprint density at radius 1 is 1.08 bits per heavy atom. The molecular formula is C19H34IN3O3. The van der Waals surface area contributed by atoms with Crippen LogP contribution in [0.5, 0.6) is 5.75 Å². The van der Waals surface area contributed by atoms with E-state index in [1.165, 1.54) is 0 Å². The maximum atomic E-state index is 9.47. The normalized spacial score (nSPS) is 11.1. The standard InChI is InChI=1S/C19H33N3O3.HI/c1-3-5-12-24-14-15-25-13-11-22-19(20-4-2)21-10-9-17-7-6-8-18(23)16-17;/h6-8,16,23H,3-5,9-15H2,1-2H3,(H2,20,21,22);1H. The topological polar surface area (TPSA) is 75.1 Å². The zero-order chi connectivity index (χ0) is 18.2. The second-order valence-corrected chi connectivity index (χ2v) is 5.69. The molecule has 1 aromatic rings. The highest BCUT2D eigenvalue weighted by atomic mass is 127. The van der Waals surface area contributed by atoms with Gasteiger partial charge in [0.1, 0.15) is 5.75 Å². The van der Waals surface area contributed by atoms with E-state index in [1.54, 1.807) is 12.1 Å². The van der Waals surface area contributed by atoms with Crippen LogP contribution in [0, 0.1) is 0 Å². The average Bonchev–Trinajstić information content (AvgIpc) is 2.60. The van der Waals surface area contributed by atoms with E-state index in [1.807, 2.05) is 19.1 Å². The summed E-state index contributed by atoms with van der Waals surface area (Å²) in [6.07, 6.45) is 3.08. The van der Waals surface area contributed by atoms with Gasteiger partial charge in [-0.15, -0.1) is 24.0 Å². The molecule has 0 aliphatic heterocycles. The number of unbranched alkanes of at least 4 members (excludes halogenated alkanes) is 1. The van der Waals surface area contributed by atoms with Crippen molar-refractivity contribution in [1.82, 2.24) is 10.6 Å². The predicted octanol–water partition coefficient (Wildman–Crippen LogP) is 2.94. The van der Waals surface area contributed by atoms with Crippen molar-refractivity contribution >= 4 is 29.9 Å². The van der Waals surface area contributed by atoms with Crippen LogP contribution in [0.1, 0.15) is 32.3 Å². The molecule has 1 aromatic carbocycles. The van der Waals surface area contributed by atoms with Gasteiger partial charge in [0.15, 0.2) is 5.96 Å². The number of hydrogen-bond donors (Lipinski definition) is 3. The highest BCUT2D eigenvalue weighted by Gasteiger charge is 1.99. The highest BCUT2D eigenvalue weighted by Crippen LogP contribution is 2.10. The van der Waals surface area contributed by atoms with Gasteiger partial charge in [0, 0.05) is 19.7 Å². The first-order chi connectivity index (χ1) is 12.3. The van der Waals surface area contributed by atoms with Crippen LogP contribution in [-0.2, 0) is 15.9 Å². The fourth-order valence-electron chi connectivity index (χ4n) is 2.17. The maximum Gasteiger partial charge on any atom is 0.191 e. The molecule has 0 amide bonds. The molecule has 150 valence electrons. The number of nitrogens with zero attached hydrogens (tertiary/aromatic N) is 1. The van der Waals surface area contributed by atoms with Crippen molar-refractivity contribution in [1.29, 1.82) is 0 Å². The molecule has 1 rings (SSSR count). The van der Waals surface area contributed by atoms with Gasteiger partial charge in [-0.05, 0) is 37.5 Å². The van der Waals surface area contributed by atoms with Gasteiger partial charge in [-0.3, -0.25) is 4.99 Å². The summed E-state index contributed by atoms with van der Waals surface area (Å²) < 4.78 is 11.0. The van der Waals surface area contributed by atoms with Gasteiger partial charge < -0.3 is 25.2 Å². The number of hydrogen-bond acceptors (Lipinski definition) is 4. The molecule has 0 saturated heterocycles. The monoisotopic (exact) mass is 479 g/mol. The molecule has 0 aliphatic rings. The maximum absolute atomic E-state index is 9.47. The minimum absolute atomic E-state index is 0. The lowest BCUT2D eigenvalue weighted by molar-refractivity contribution is 0.0497. The van der Waals surface area contributed by atoms with Crippen LogP contribution in [0.4, 0.5) is 0 Å². The summed E-state index contributed by atoms with van der Waals surface area (Å²) in [5, 5.41) is 16.0. The first-order valence-electron chi connectivity index (χ1n) is 9.21. The van der Waals surface area contributed by atoms with Gasteiger partial charge in [0.2, 0.25) is 0 Å². The van der Waals surface area contributed by atoms with Gasteiger partial charge in [-0.1, -0.05) is 25.5 Å². The summed E-state index contributed by atoms with van der Waals surface area (Å²) in [5.41, 5.74) is 1.09. The number of nitrogens with one attached hydrogen (secondary N) is 2. The van der Waals surface area contributed by atoms with Gasteiger partial charge in [-0.2, -0.15) is 0 Å². The number of aliphatic imine (C=N–C) groups is 1. The third kappa shape index (κ3) is 13.2. The van der Waals surface area contributed by atoms with E-state index in [4.69, 9.17) is 9.47 Å². The number of aromatic hydroxyl groups is 1. The summed E-state index contributed by atoms with van der Waals surface area (Å²) in [6.45, 7) is 9.01. The van der Waals surface area contributed by atoms with Crippen molar-refractivity contribution in [2.75, 3.05) is 46.1 Å². The molecule has 0 radical (unpaired) electrons. The average molecular weight is 479 g/mol. The van der Waals surface area contributed by atoms with Crippen molar-refractivity contribution in [3.63, 3.8) is 0 Å². The molecule has 0 fully saturated rings. The lowest BCUT2D eigenvalue weighted by atomic mass is 10.1. The highest BCUT2D eigenvalue weighted by molar-refractivity contribution is 14.0. The van der Waals surface area contributed by atoms with Gasteiger partial charge in [0.05, 0.1) is 26.4 Å². The molecular weight excluding hydrogens is 445 g/mol. The zero-order valence-electron chi connectivity index (χ0n) is 16.0. The molecule has 6 nitrogen and oxygen atoms in total. The Morgan fingerprint density at radius 3 is 2.54 bits per heavy atom. The van der Waals surface area contributed by atoms with Crippen LogP contribution in [0.25, 0.3) is 0 Å². The predicted molar refractivity (Wildman–Crippen MR) is 118 cm³/mol.